The van der Waals surface area contributed by atoms with Gasteiger partial charge in [0.1, 0.15) is 11.6 Å². The minimum Gasteiger partial charge on any atom is -0.496 e. The van der Waals surface area contributed by atoms with Gasteiger partial charge in [-0.2, -0.15) is 5.10 Å². The van der Waals surface area contributed by atoms with Gasteiger partial charge in [0.25, 0.3) is 0 Å². The molecule has 2 heterocycles. The Labute approximate surface area is 149 Å². The van der Waals surface area contributed by atoms with Crippen molar-refractivity contribution in [1.82, 2.24) is 19.3 Å². The second-order valence-corrected chi connectivity index (χ2v) is 6.78. The fourth-order valence-corrected chi connectivity index (χ4v) is 3.15. The quantitative estimate of drug-likeness (QED) is 0.683. The van der Waals surface area contributed by atoms with Gasteiger partial charge in [-0.3, -0.25) is 4.68 Å². The van der Waals surface area contributed by atoms with E-state index in [2.05, 4.69) is 53.8 Å². The van der Waals surface area contributed by atoms with E-state index in [1.165, 1.54) is 22.3 Å². The predicted molar refractivity (Wildman–Crippen MR) is 100.0 cm³/mol. The molecule has 0 atom stereocenters. The molecular weight excluding hydrogens is 312 g/mol. The van der Waals surface area contributed by atoms with Gasteiger partial charge in [-0.05, 0) is 48.1 Å². The molecule has 3 aromatic rings. The van der Waals surface area contributed by atoms with E-state index in [-0.39, 0.29) is 0 Å². The van der Waals surface area contributed by atoms with Gasteiger partial charge >= 0.3 is 0 Å². The van der Waals surface area contributed by atoms with Crippen molar-refractivity contribution in [3.8, 4) is 17.1 Å². The zero-order chi connectivity index (χ0) is 18.0. The summed E-state index contributed by atoms with van der Waals surface area (Å²) in [6.07, 6.45) is 8.84. The van der Waals surface area contributed by atoms with Crippen LogP contribution < -0.4 is 4.74 Å². The lowest BCUT2D eigenvalue weighted by molar-refractivity contribution is 0.407. The van der Waals surface area contributed by atoms with Crippen molar-refractivity contribution in [3.63, 3.8) is 0 Å². The second-order valence-electron chi connectivity index (χ2n) is 6.78. The van der Waals surface area contributed by atoms with Gasteiger partial charge in [0.2, 0.25) is 0 Å². The van der Waals surface area contributed by atoms with Crippen LogP contribution in [-0.2, 0) is 20.0 Å². The standard InChI is InChI=1S/C20H26N4O/c1-14(2)17-11-18(15(3)10-19(17)25-5)20-21-7-9-24(20)8-6-16-12-22-23(4)13-16/h7,9-14H,6,8H2,1-5H3. The van der Waals surface area contributed by atoms with E-state index < -0.39 is 0 Å². The summed E-state index contributed by atoms with van der Waals surface area (Å²) in [5.74, 6) is 2.35. The summed E-state index contributed by atoms with van der Waals surface area (Å²) in [4.78, 5) is 4.62. The number of methoxy groups -OCH3 is 1. The molecule has 0 unspecified atom stereocenters. The first-order chi connectivity index (χ1) is 12.0. The van der Waals surface area contributed by atoms with Crippen LogP contribution in [0.5, 0.6) is 5.75 Å². The molecule has 1 aromatic carbocycles. The minimum atomic E-state index is 0.396. The Balaban J connectivity index is 1.92. The lowest BCUT2D eigenvalue weighted by Gasteiger charge is -2.17. The smallest absolute Gasteiger partial charge is 0.140 e. The van der Waals surface area contributed by atoms with Crippen LogP contribution in [0.4, 0.5) is 0 Å². The summed E-state index contributed by atoms with van der Waals surface area (Å²) in [5, 5.41) is 4.24. The fourth-order valence-electron chi connectivity index (χ4n) is 3.15. The van der Waals surface area contributed by atoms with Crippen molar-refractivity contribution in [2.75, 3.05) is 7.11 Å². The molecule has 0 radical (unpaired) electrons. The summed E-state index contributed by atoms with van der Waals surface area (Å²) < 4.78 is 9.62. The Morgan fingerprint density at radius 3 is 2.68 bits per heavy atom. The Hall–Kier alpha value is -2.56. The number of benzene rings is 1. The lowest BCUT2D eigenvalue weighted by atomic mass is 9.96. The first-order valence-corrected chi connectivity index (χ1v) is 8.67. The number of imidazole rings is 1. The van der Waals surface area contributed by atoms with Crippen molar-refractivity contribution in [2.24, 2.45) is 7.05 Å². The molecule has 0 aliphatic carbocycles. The molecule has 132 valence electrons. The van der Waals surface area contributed by atoms with Gasteiger partial charge in [-0.25, -0.2) is 4.98 Å². The molecule has 0 saturated carbocycles. The maximum atomic E-state index is 5.56. The van der Waals surface area contributed by atoms with Gasteiger partial charge < -0.3 is 9.30 Å². The number of ether oxygens (including phenoxy) is 1. The van der Waals surface area contributed by atoms with E-state index in [0.29, 0.717) is 5.92 Å². The molecule has 5 nitrogen and oxygen atoms in total. The van der Waals surface area contributed by atoms with Gasteiger partial charge in [0, 0.05) is 37.7 Å². The fraction of sp³-hybridized carbons (Fsp3) is 0.400. The summed E-state index contributed by atoms with van der Waals surface area (Å²) in [7, 11) is 3.68. The zero-order valence-corrected chi connectivity index (χ0v) is 15.7. The molecule has 25 heavy (non-hydrogen) atoms. The minimum absolute atomic E-state index is 0.396. The highest BCUT2D eigenvalue weighted by Gasteiger charge is 2.15. The zero-order valence-electron chi connectivity index (χ0n) is 15.7. The average molecular weight is 338 g/mol. The molecule has 0 saturated heterocycles. The van der Waals surface area contributed by atoms with Crippen LogP contribution >= 0.6 is 0 Å². The summed E-state index contributed by atoms with van der Waals surface area (Å²) in [6, 6.07) is 4.34. The lowest BCUT2D eigenvalue weighted by Crippen LogP contribution is -2.04. The van der Waals surface area contributed by atoms with Gasteiger partial charge in [0.15, 0.2) is 0 Å². The third-order valence-electron chi connectivity index (χ3n) is 4.55. The first-order valence-electron chi connectivity index (χ1n) is 8.67. The van der Waals surface area contributed by atoms with Crippen LogP contribution in [-0.4, -0.2) is 26.4 Å². The molecule has 0 fully saturated rings. The van der Waals surface area contributed by atoms with Gasteiger partial charge in [-0.1, -0.05) is 13.8 Å². The maximum Gasteiger partial charge on any atom is 0.140 e. The summed E-state index contributed by atoms with van der Waals surface area (Å²) in [6.45, 7) is 7.36. The van der Waals surface area contributed by atoms with Crippen LogP contribution in [0.1, 0.15) is 36.5 Å². The van der Waals surface area contributed by atoms with E-state index in [0.717, 1.165) is 24.5 Å². The highest BCUT2D eigenvalue weighted by atomic mass is 16.5. The first kappa shape index (κ1) is 17.3. The van der Waals surface area contributed by atoms with Crippen LogP contribution in [0.2, 0.25) is 0 Å². The molecule has 0 aliphatic rings. The van der Waals surface area contributed by atoms with E-state index in [1.54, 1.807) is 7.11 Å². The number of hydrogen-bond donors (Lipinski definition) is 0. The van der Waals surface area contributed by atoms with Crippen LogP contribution in [0.3, 0.4) is 0 Å². The molecule has 0 bridgehead atoms. The Bertz CT molecular complexity index is 860. The Kier molecular flexibility index (Phi) is 4.93. The van der Waals surface area contributed by atoms with Crippen molar-refractivity contribution in [1.29, 1.82) is 0 Å². The molecule has 0 N–H and O–H groups in total. The summed E-state index contributed by atoms with van der Waals surface area (Å²) in [5.41, 5.74) is 4.79. The third-order valence-corrected chi connectivity index (χ3v) is 4.55. The monoisotopic (exact) mass is 338 g/mol. The molecule has 5 heteroatoms. The maximum absolute atomic E-state index is 5.56. The average Bonchev–Trinajstić information content (AvgIpc) is 3.21. The SMILES string of the molecule is COc1cc(C)c(-c2nccn2CCc2cnn(C)c2)cc1C(C)C. The molecule has 0 amide bonds. The van der Waals surface area contributed by atoms with Crippen molar-refractivity contribution in [2.45, 2.75) is 39.7 Å². The number of nitrogens with zero attached hydrogens (tertiary/aromatic N) is 4. The number of hydrogen-bond acceptors (Lipinski definition) is 3. The second kappa shape index (κ2) is 7.13. The predicted octanol–water partition coefficient (Wildman–Crippen LogP) is 3.97. The molecule has 0 aliphatic heterocycles. The molecule has 3 rings (SSSR count). The molecule has 2 aromatic heterocycles. The number of aromatic nitrogens is 4. The highest BCUT2D eigenvalue weighted by molar-refractivity contribution is 5.64. The topological polar surface area (TPSA) is 44.9 Å². The van der Waals surface area contributed by atoms with E-state index in [4.69, 9.17) is 4.74 Å². The van der Waals surface area contributed by atoms with E-state index >= 15 is 0 Å². The summed E-state index contributed by atoms with van der Waals surface area (Å²) >= 11 is 0. The Morgan fingerprint density at radius 2 is 2.04 bits per heavy atom. The highest BCUT2D eigenvalue weighted by Crippen LogP contribution is 2.33. The van der Waals surface area contributed by atoms with E-state index in [9.17, 15) is 0 Å². The van der Waals surface area contributed by atoms with Crippen molar-refractivity contribution in [3.05, 3.63) is 53.6 Å². The van der Waals surface area contributed by atoms with Gasteiger partial charge in [-0.15, -0.1) is 0 Å². The van der Waals surface area contributed by atoms with Crippen molar-refractivity contribution < 1.29 is 4.74 Å². The van der Waals surface area contributed by atoms with Crippen LogP contribution in [0.25, 0.3) is 11.4 Å². The van der Waals surface area contributed by atoms with Crippen molar-refractivity contribution >= 4 is 0 Å². The van der Waals surface area contributed by atoms with Crippen LogP contribution in [0, 0.1) is 6.92 Å². The molecular formula is C20H26N4O. The molecule has 0 spiro atoms. The normalized spacial score (nSPS) is 11.3. The number of rotatable bonds is 6. The number of aryl methyl sites for hydroxylation is 4. The van der Waals surface area contributed by atoms with Gasteiger partial charge in [0.05, 0.1) is 13.3 Å². The van der Waals surface area contributed by atoms with Crippen LogP contribution in [0.15, 0.2) is 36.9 Å². The largest absolute Gasteiger partial charge is 0.496 e. The van der Waals surface area contributed by atoms with E-state index in [1.807, 2.05) is 30.3 Å². The Morgan fingerprint density at radius 1 is 1.24 bits per heavy atom. The third kappa shape index (κ3) is 3.60.